The van der Waals surface area contributed by atoms with Gasteiger partial charge in [-0.25, -0.2) is 13.8 Å². The van der Waals surface area contributed by atoms with E-state index in [-0.39, 0.29) is 47.8 Å². The van der Waals surface area contributed by atoms with E-state index in [0.29, 0.717) is 35.8 Å². The maximum atomic E-state index is 13.3. The van der Waals surface area contributed by atoms with Gasteiger partial charge in [-0.2, -0.15) is 8.78 Å². The number of hydrogen-bond acceptors (Lipinski definition) is 6. The van der Waals surface area contributed by atoms with Crippen LogP contribution in [0.5, 0.6) is 17.2 Å². The minimum atomic E-state index is -3.11. The van der Waals surface area contributed by atoms with Crippen LogP contribution in [-0.2, 0) is 0 Å². The second kappa shape index (κ2) is 11.2. The number of ketones is 1. The summed E-state index contributed by atoms with van der Waals surface area (Å²) in [7, 11) is 1.38. The zero-order chi connectivity index (χ0) is 26.8. The highest BCUT2D eigenvalue weighted by atomic mass is 19.3. The van der Waals surface area contributed by atoms with Crippen molar-refractivity contribution in [2.75, 3.05) is 26.8 Å². The quantitative estimate of drug-likeness (QED) is 0.219. The number of carbonyl (C=O) groups is 1. The van der Waals surface area contributed by atoms with Crippen LogP contribution in [0.15, 0.2) is 36.7 Å². The van der Waals surface area contributed by atoms with Crippen LogP contribution in [0.4, 0.5) is 17.6 Å². The molecule has 38 heavy (non-hydrogen) atoms. The summed E-state index contributed by atoms with van der Waals surface area (Å²) < 4.78 is 70.0. The number of hydrogen-bond donors (Lipinski definition) is 0. The van der Waals surface area contributed by atoms with E-state index in [1.807, 2.05) is 0 Å². The molecule has 3 heterocycles. The minimum Gasteiger partial charge on any atom is -0.496 e. The molecule has 204 valence electrons. The molecule has 2 fully saturated rings. The number of likely N-dealkylation sites (tertiary alicyclic amines) is 1. The zero-order valence-corrected chi connectivity index (χ0v) is 20.9. The number of carbonyl (C=O) groups excluding carboxylic acids is 1. The summed E-state index contributed by atoms with van der Waals surface area (Å²) in [5.41, 5.74) is 1.61. The van der Waals surface area contributed by atoms with Crippen molar-refractivity contribution in [3.63, 3.8) is 0 Å². The lowest BCUT2D eigenvalue weighted by Gasteiger charge is -2.24. The van der Waals surface area contributed by atoms with Crippen molar-refractivity contribution in [1.29, 1.82) is 0 Å². The monoisotopic (exact) mass is 535 g/mol. The molecule has 5 rings (SSSR count). The van der Waals surface area contributed by atoms with Crippen molar-refractivity contribution in [3.05, 3.63) is 42.2 Å². The highest BCUT2D eigenvalue weighted by Gasteiger charge is 2.30. The van der Waals surface area contributed by atoms with Gasteiger partial charge in [0.1, 0.15) is 35.1 Å². The van der Waals surface area contributed by atoms with E-state index in [1.54, 1.807) is 39.9 Å². The maximum Gasteiger partial charge on any atom is 0.387 e. The van der Waals surface area contributed by atoms with E-state index in [0.717, 1.165) is 25.7 Å². The third kappa shape index (κ3) is 5.87. The Morgan fingerprint density at radius 2 is 1.92 bits per heavy atom. The number of aromatic nitrogens is 2. The SMILES string of the molecule is COc1cc(-c2cnc3cc(OC[C@H]4CCCN4CC(F)F)ccn23)cc(OC(F)F)c1C(=O)CC1CC1. The molecule has 1 aliphatic carbocycles. The molecule has 1 aromatic carbocycles. The van der Waals surface area contributed by atoms with Gasteiger partial charge in [-0.05, 0) is 56.3 Å². The smallest absolute Gasteiger partial charge is 0.387 e. The number of Topliss-reactive ketones (excluding diaryl/α,β-unsaturated/α-hetero) is 1. The molecule has 0 bridgehead atoms. The standard InChI is InChI=1S/C27H29F4N3O4/c1-36-22-10-17(11-23(38-27(30)31)26(22)21(35)9-16-4-5-16)20-13-32-25-12-19(6-8-34(20)25)37-15-18-3-2-7-33(18)14-24(28)29/h6,8,10-13,16,18,24,27H,2-5,7,9,14-15H2,1H3/t18-/m1/s1. The van der Waals surface area contributed by atoms with Gasteiger partial charge < -0.3 is 14.2 Å². The molecule has 0 unspecified atom stereocenters. The third-order valence-electron chi connectivity index (χ3n) is 7.05. The molecule has 7 nitrogen and oxygen atoms in total. The molecule has 3 aromatic rings. The molecular formula is C27H29F4N3O4. The molecule has 1 saturated heterocycles. The van der Waals surface area contributed by atoms with Crippen LogP contribution in [-0.4, -0.2) is 66.0 Å². The van der Waals surface area contributed by atoms with Crippen LogP contribution in [0.1, 0.15) is 42.5 Å². The van der Waals surface area contributed by atoms with E-state index in [2.05, 4.69) is 4.98 Å². The fourth-order valence-electron chi connectivity index (χ4n) is 5.01. The van der Waals surface area contributed by atoms with Gasteiger partial charge in [0.2, 0.25) is 0 Å². The number of imidazole rings is 1. The van der Waals surface area contributed by atoms with Crippen molar-refractivity contribution in [2.45, 2.75) is 51.2 Å². The summed E-state index contributed by atoms with van der Waals surface area (Å²) in [6.45, 7) is -2.45. The lowest BCUT2D eigenvalue weighted by atomic mass is 10.00. The van der Waals surface area contributed by atoms with Crippen LogP contribution >= 0.6 is 0 Å². The van der Waals surface area contributed by atoms with Crippen LogP contribution in [0.3, 0.4) is 0 Å². The van der Waals surface area contributed by atoms with Crippen LogP contribution in [0, 0.1) is 5.92 Å². The van der Waals surface area contributed by atoms with Crippen molar-refractivity contribution in [1.82, 2.24) is 14.3 Å². The number of benzene rings is 1. The number of halogens is 4. The molecular weight excluding hydrogens is 506 g/mol. The molecule has 2 aromatic heterocycles. The van der Waals surface area contributed by atoms with Crippen molar-refractivity contribution in [3.8, 4) is 28.5 Å². The summed E-state index contributed by atoms with van der Waals surface area (Å²) in [5, 5.41) is 0. The van der Waals surface area contributed by atoms with E-state index in [4.69, 9.17) is 14.2 Å². The highest BCUT2D eigenvalue weighted by Crippen LogP contribution is 2.40. The lowest BCUT2D eigenvalue weighted by Crippen LogP contribution is -2.37. The molecule has 1 atom stereocenters. The Bertz CT molecular complexity index is 1290. The summed E-state index contributed by atoms with van der Waals surface area (Å²) in [6.07, 6.45) is 4.72. The Balaban J connectivity index is 1.39. The number of fused-ring (bicyclic) bond motifs is 1. The predicted octanol–water partition coefficient (Wildman–Crippen LogP) is 5.70. The third-order valence-corrected chi connectivity index (χ3v) is 7.05. The number of ether oxygens (including phenoxy) is 3. The Morgan fingerprint density at radius 1 is 1.13 bits per heavy atom. The fourth-order valence-corrected chi connectivity index (χ4v) is 5.01. The molecule has 1 aliphatic heterocycles. The molecule has 2 aliphatic rings. The number of alkyl halides is 4. The average Bonchev–Trinajstić information content (AvgIpc) is 3.41. The summed E-state index contributed by atoms with van der Waals surface area (Å²) in [4.78, 5) is 19.0. The zero-order valence-electron chi connectivity index (χ0n) is 20.9. The largest absolute Gasteiger partial charge is 0.496 e. The Labute approximate surface area is 217 Å². The van der Waals surface area contributed by atoms with E-state index < -0.39 is 13.0 Å². The summed E-state index contributed by atoms with van der Waals surface area (Å²) >= 11 is 0. The van der Waals surface area contributed by atoms with Gasteiger partial charge in [0, 0.05) is 30.3 Å². The minimum absolute atomic E-state index is 0.0146. The first-order valence-corrected chi connectivity index (χ1v) is 12.6. The van der Waals surface area contributed by atoms with Gasteiger partial charge in [-0.1, -0.05) is 0 Å². The van der Waals surface area contributed by atoms with Gasteiger partial charge in [-0.15, -0.1) is 0 Å². The molecule has 11 heteroatoms. The molecule has 0 amide bonds. The van der Waals surface area contributed by atoms with Crippen molar-refractivity contribution < 1.29 is 36.6 Å². The molecule has 1 saturated carbocycles. The first-order valence-electron chi connectivity index (χ1n) is 12.6. The van der Waals surface area contributed by atoms with E-state index in [9.17, 15) is 22.4 Å². The first-order chi connectivity index (χ1) is 18.3. The molecule has 0 N–H and O–H groups in total. The van der Waals surface area contributed by atoms with Gasteiger partial charge in [0.05, 0.1) is 25.5 Å². The summed E-state index contributed by atoms with van der Waals surface area (Å²) in [5.74, 6) is 0.436. The molecule has 0 radical (unpaired) electrons. The van der Waals surface area contributed by atoms with E-state index >= 15 is 0 Å². The fraction of sp³-hybridized carbons (Fsp3) is 0.481. The van der Waals surface area contributed by atoms with E-state index in [1.165, 1.54) is 13.2 Å². The normalized spacial score (nSPS) is 18.0. The van der Waals surface area contributed by atoms with Crippen LogP contribution in [0.2, 0.25) is 0 Å². The van der Waals surface area contributed by atoms with Crippen molar-refractivity contribution >= 4 is 11.4 Å². The van der Waals surface area contributed by atoms with Gasteiger partial charge in [-0.3, -0.25) is 14.1 Å². The predicted molar refractivity (Wildman–Crippen MR) is 132 cm³/mol. The second-order valence-corrected chi connectivity index (χ2v) is 9.73. The lowest BCUT2D eigenvalue weighted by molar-refractivity contribution is -0.0502. The van der Waals surface area contributed by atoms with Crippen LogP contribution < -0.4 is 14.2 Å². The Kier molecular flexibility index (Phi) is 7.73. The average molecular weight is 536 g/mol. The number of rotatable bonds is 12. The van der Waals surface area contributed by atoms with Gasteiger partial charge in [0.25, 0.3) is 6.43 Å². The number of pyridine rings is 1. The van der Waals surface area contributed by atoms with Crippen LogP contribution in [0.25, 0.3) is 16.9 Å². The van der Waals surface area contributed by atoms with Crippen molar-refractivity contribution in [2.24, 2.45) is 5.92 Å². The summed E-state index contributed by atoms with van der Waals surface area (Å²) in [6, 6.07) is 6.39. The topological polar surface area (TPSA) is 65.3 Å². The maximum absolute atomic E-state index is 13.3. The number of nitrogens with zero attached hydrogens (tertiary/aromatic N) is 3. The Morgan fingerprint density at radius 3 is 2.63 bits per heavy atom. The highest BCUT2D eigenvalue weighted by molar-refractivity contribution is 6.02. The first kappa shape index (κ1) is 26.3. The van der Waals surface area contributed by atoms with Gasteiger partial charge in [0.15, 0.2) is 5.78 Å². The second-order valence-electron chi connectivity index (χ2n) is 9.73. The Hall–Kier alpha value is -3.34. The molecule has 0 spiro atoms. The number of methoxy groups -OCH3 is 1. The van der Waals surface area contributed by atoms with Gasteiger partial charge >= 0.3 is 6.61 Å².